The molecule has 0 spiro atoms. The molecule has 0 fully saturated rings. The molecule has 5 rings (SSSR count). The summed E-state index contributed by atoms with van der Waals surface area (Å²) in [4.78, 5) is 27.9. The number of carbonyl (C=O) groups excluding carboxylic acids is 2. The number of benzene rings is 2. The van der Waals surface area contributed by atoms with Gasteiger partial charge in [-0.25, -0.2) is 4.39 Å². The lowest BCUT2D eigenvalue weighted by Gasteiger charge is -2.42. The Bertz CT molecular complexity index is 1650. The molecule has 41 heavy (non-hydrogen) atoms. The van der Waals surface area contributed by atoms with E-state index < -0.39 is 11.7 Å². The quantitative estimate of drug-likeness (QED) is 0.338. The largest absolute Gasteiger partial charge is 0.384 e. The Balaban J connectivity index is 1.45. The molecule has 3 N–H and O–H groups in total. The minimum absolute atomic E-state index is 0.0852. The summed E-state index contributed by atoms with van der Waals surface area (Å²) in [7, 11) is 0. The lowest BCUT2D eigenvalue weighted by molar-refractivity contribution is -0.118. The van der Waals surface area contributed by atoms with E-state index >= 15 is 0 Å². The van der Waals surface area contributed by atoms with Crippen LogP contribution in [0.1, 0.15) is 49.3 Å². The Morgan fingerprint density at radius 2 is 1.95 bits per heavy atom. The first-order valence-corrected chi connectivity index (χ1v) is 14.8. The lowest BCUT2D eigenvalue weighted by atomic mass is 9.69. The molecule has 1 amide bonds. The van der Waals surface area contributed by atoms with Gasteiger partial charge in [0.1, 0.15) is 11.6 Å². The van der Waals surface area contributed by atoms with E-state index in [1.807, 2.05) is 45.9 Å². The molecule has 8 nitrogen and oxygen atoms in total. The topological polar surface area (TPSA) is 125 Å². The molecule has 0 saturated carbocycles. The molecule has 0 bridgehead atoms. The summed E-state index contributed by atoms with van der Waals surface area (Å²) in [5.41, 5.74) is 11.1. The second-order valence-electron chi connectivity index (χ2n) is 11.0. The van der Waals surface area contributed by atoms with Crippen LogP contribution >= 0.6 is 23.1 Å². The molecule has 0 radical (unpaired) electrons. The third kappa shape index (κ3) is 5.76. The number of halogens is 1. The van der Waals surface area contributed by atoms with Gasteiger partial charge in [0.2, 0.25) is 11.0 Å². The Morgan fingerprint density at radius 3 is 2.63 bits per heavy atom. The van der Waals surface area contributed by atoms with Crippen LogP contribution in [0.25, 0.3) is 0 Å². The van der Waals surface area contributed by atoms with Crippen molar-refractivity contribution >= 4 is 45.6 Å². The molecule has 1 aliphatic heterocycles. The van der Waals surface area contributed by atoms with E-state index in [-0.39, 0.29) is 34.3 Å². The minimum Gasteiger partial charge on any atom is -0.384 e. The molecule has 1 atom stereocenters. The molecular weight excluding hydrogens is 560 g/mol. The molecular formula is C30H29FN6O2S2. The normalized spacial score (nSPS) is 18.3. The zero-order valence-corrected chi connectivity index (χ0v) is 24.8. The second-order valence-corrected chi connectivity index (χ2v) is 13.2. The maximum absolute atomic E-state index is 13.7. The highest BCUT2D eigenvalue weighted by atomic mass is 32.2. The van der Waals surface area contributed by atoms with Crippen LogP contribution in [0.5, 0.6) is 0 Å². The first kappa shape index (κ1) is 28.5. The number of aryl methyl sites for hydroxylation is 2. The standard InChI is InChI=1S/C30H29FN6O2S2/c1-16-5-10-21(17(2)11-16)34-24(39)15-40-29-36-35-28(41-29)37-22-12-30(3,4)13-23(38)26(22)25(20(14-32)27(37)33)18-6-8-19(31)9-7-18/h5-11,25H,12-13,15,33H2,1-4H3,(H,34,39). The molecule has 11 heteroatoms. The third-order valence-corrected chi connectivity index (χ3v) is 9.20. The summed E-state index contributed by atoms with van der Waals surface area (Å²) in [5.74, 6) is -1.08. The number of nitriles is 1. The van der Waals surface area contributed by atoms with Gasteiger partial charge < -0.3 is 11.1 Å². The third-order valence-electron chi connectivity index (χ3n) is 7.15. The van der Waals surface area contributed by atoms with Gasteiger partial charge in [-0.3, -0.25) is 14.5 Å². The number of thioether (sulfide) groups is 1. The smallest absolute Gasteiger partial charge is 0.234 e. The molecule has 3 aromatic rings. The van der Waals surface area contributed by atoms with Crippen LogP contribution in [-0.2, 0) is 9.59 Å². The first-order valence-electron chi connectivity index (χ1n) is 13.0. The van der Waals surface area contributed by atoms with E-state index in [0.717, 1.165) is 16.8 Å². The van der Waals surface area contributed by atoms with E-state index in [0.29, 0.717) is 39.1 Å². The molecule has 1 unspecified atom stereocenters. The average molecular weight is 589 g/mol. The molecule has 0 saturated heterocycles. The van der Waals surface area contributed by atoms with Crippen molar-refractivity contribution in [3.8, 4) is 6.07 Å². The summed E-state index contributed by atoms with van der Waals surface area (Å²) in [6, 6.07) is 13.8. The predicted molar refractivity (Wildman–Crippen MR) is 159 cm³/mol. The number of hydrogen-bond donors (Lipinski definition) is 2. The molecule has 2 heterocycles. The monoisotopic (exact) mass is 588 g/mol. The van der Waals surface area contributed by atoms with Crippen molar-refractivity contribution in [1.82, 2.24) is 10.2 Å². The number of nitrogens with zero attached hydrogens (tertiary/aromatic N) is 4. The zero-order chi connectivity index (χ0) is 29.5. The van der Waals surface area contributed by atoms with Gasteiger partial charge in [-0.1, -0.05) is 66.8 Å². The number of rotatable bonds is 6. The van der Waals surface area contributed by atoms with Crippen LogP contribution in [0.15, 0.2) is 69.5 Å². The van der Waals surface area contributed by atoms with Gasteiger partial charge in [0.05, 0.1) is 23.3 Å². The minimum atomic E-state index is -0.703. The second kappa shape index (κ2) is 11.1. The number of anilines is 2. The Kier molecular flexibility index (Phi) is 7.72. The van der Waals surface area contributed by atoms with Crippen molar-refractivity contribution in [3.63, 3.8) is 0 Å². The summed E-state index contributed by atoms with van der Waals surface area (Å²) >= 11 is 2.48. The zero-order valence-electron chi connectivity index (χ0n) is 23.1. The Labute approximate surface area is 246 Å². The van der Waals surface area contributed by atoms with Crippen molar-refractivity contribution in [2.24, 2.45) is 11.1 Å². The van der Waals surface area contributed by atoms with E-state index in [2.05, 4.69) is 21.6 Å². The van der Waals surface area contributed by atoms with Crippen molar-refractivity contribution in [2.45, 2.75) is 50.8 Å². The highest BCUT2D eigenvalue weighted by Crippen LogP contribution is 2.50. The van der Waals surface area contributed by atoms with Gasteiger partial charge in [0.15, 0.2) is 10.1 Å². The number of nitrogens with one attached hydrogen (secondary N) is 1. The lowest BCUT2D eigenvalue weighted by Crippen LogP contribution is -2.42. The van der Waals surface area contributed by atoms with Gasteiger partial charge in [-0.15, -0.1) is 10.2 Å². The maximum atomic E-state index is 13.7. The van der Waals surface area contributed by atoms with Gasteiger partial charge in [0.25, 0.3) is 0 Å². The summed E-state index contributed by atoms with van der Waals surface area (Å²) < 4.78 is 14.3. The molecule has 210 valence electrons. The van der Waals surface area contributed by atoms with Crippen molar-refractivity contribution in [2.75, 3.05) is 16.0 Å². The highest BCUT2D eigenvalue weighted by molar-refractivity contribution is 8.01. The van der Waals surface area contributed by atoms with Gasteiger partial charge in [-0.2, -0.15) is 5.26 Å². The van der Waals surface area contributed by atoms with E-state index in [1.54, 1.807) is 17.0 Å². The Morgan fingerprint density at radius 1 is 1.22 bits per heavy atom. The summed E-state index contributed by atoms with van der Waals surface area (Å²) in [6.45, 7) is 7.96. The Hall–Kier alpha value is -4.01. The molecule has 2 aliphatic rings. The van der Waals surface area contributed by atoms with Crippen molar-refractivity contribution in [1.29, 1.82) is 5.26 Å². The first-order chi connectivity index (χ1) is 19.5. The van der Waals surface area contributed by atoms with Gasteiger partial charge in [-0.05, 0) is 55.0 Å². The van der Waals surface area contributed by atoms with E-state index in [4.69, 9.17) is 5.73 Å². The highest BCUT2D eigenvalue weighted by Gasteiger charge is 2.45. The van der Waals surface area contributed by atoms with Crippen LogP contribution in [0, 0.1) is 36.4 Å². The van der Waals surface area contributed by atoms with Crippen LogP contribution in [0.4, 0.5) is 15.2 Å². The number of carbonyl (C=O) groups is 2. The van der Waals surface area contributed by atoms with Gasteiger partial charge >= 0.3 is 0 Å². The number of Topliss-reactive ketones (excluding diaryl/α,β-unsaturated/α-hetero) is 1. The fraction of sp³-hybridized carbons (Fsp3) is 0.300. The number of aromatic nitrogens is 2. The molecule has 1 aromatic heterocycles. The predicted octanol–water partition coefficient (Wildman–Crippen LogP) is 5.97. The van der Waals surface area contributed by atoms with Crippen LogP contribution in [0.2, 0.25) is 0 Å². The fourth-order valence-electron chi connectivity index (χ4n) is 5.33. The average Bonchev–Trinajstić information content (AvgIpc) is 3.37. The molecule has 1 aliphatic carbocycles. The van der Waals surface area contributed by atoms with E-state index in [9.17, 15) is 19.2 Å². The number of ketones is 1. The number of nitrogens with two attached hydrogens (primary N) is 1. The van der Waals surface area contributed by atoms with E-state index in [1.165, 1.54) is 35.2 Å². The number of hydrogen-bond acceptors (Lipinski definition) is 9. The van der Waals surface area contributed by atoms with Crippen molar-refractivity contribution < 1.29 is 14.0 Å². The number of amides is 1. The SMILES string of the molecule is Cc1ccc(NC(=O)CSc2nnc(N3C(N)=C(C#N)C(c4ccc(F)cc4)C4=C3CC(C)(C)CC4=O)s2)c(C)c1. The summed E-state index contributed by atoms with van der Waals surface area (Å²) in [6.07, 6.45) is 0.828. The van der Waals surface area contributed by atoms with Gasteiger partial charge in [0, 0.05) is 23.4 Å². The number of allylic oxidation sites excluding steroid dienone is 3. The molecule has 2 aromatic carbocycles. The van der Waals surface area contributed by atoms with Crippen LogP contribution in [-0.4, -0.2) is 27.6 Å². The fourth-order valence-corrected chi connectivity index (χ4v) is 7.02. The van der Waals surface area contributed by atoms with Crippen LogP contribution in [0.3, 0.4) is 0 Å². The van der Waals surface area contributed by atoms with Crippen molar-refractivity contribution in [3.05, 3.63) is 87.6 Å². The van der Waals surface area contributed by atoms with Crippen LogP contribution < -0.4 is 16.0 Å². The maximum Gasteiger partial charge on any atom is 0.234 e. The summed E-state index contributed by atoms with van der Waals surface area (Å²) in [5, 5.41) is 22.1.